The number of aromatic nitrogens is 8. The van der Waals surface area contributed by atoms with Gasteiger partial charge in [-0.2, -0.15) is 0 Å². The molecular formula is C100H62N8. The van der Waals surface area contributed by atoms with Crippen LogP contribution in [0.5, 0.6) is 0 Å². The molecule has 1 aliphatic carbocycles. The third-order valence-corrected chi connectivity index (χ3v) is 22.7. The zero-order chi connectivity index (χ0) is 74.2. The Morgan fingerprint density at radius 3 is 1.42 bits per heavy atom. The summed E-state index contributed by atoms with van der Waals surface area (Å²) in [5.74, 6) is 0.844. The number of benzene rings is 16. The molecule has 8 nitrogen and oxygen atoms in total. The van der Waals surface area contributed by atoms with Gasteiger partial charge in [0.25, 0.3) is 0 Å². The molecule has 0 radical (unpaired) electrons. The number of nitrogens with zero attached hydrogens (tertiary/aromatic N) is 8. The third kappa shape index (κ3) is 8.53. The third-order valence-electron chi connectivity index (χ3n) is 22.7. The van der Waals surface area contributed by atoms with E-state index in [1.165, 1.54) is 0 Å². The van der Waals surface area contributed by atoms with Crippen molar-refractivity contribution in [2.24, 2.45) is 0 Å². The topological polar surface area (TPSA) is 63.3 Å². The van der Waals surface area contributed by atoms with Gasteiger partial charge in [-0.3, -0.25) is 14.5 Å². The van der Waals surface area contributed by atoms with E-state index in [9.17, 15) is 4.11 Å². The average molecular weight is 1380 g/mol. The lowest BCUT2D eigenvalue weighted by atomic mass is 9.67. The Balaban J connectivity index is 0.761. The van der Waals surface area contributed by atoms with Gasteiger partial charge in [-0.15, -0.1) is 0 Å². The molecule has 108 heavy (non-hydrogen) atoms. The maximum Gasteiger partial charge on any atom is 0.145 e. The van der Waals surface area contributed by atoms with E-state index in [0.29, 0.717) is 35.2 Å². The van der Waals surface area contributed by atoms with Crippen LogP contribution in [0, 0.1) is 0 Å². The van der Waals surface area contributed by atoms with Crippen molar-refractivity contribution in [1.82, 2.24) is 37.8 Å². The Labute approximate surface area is 626 Å². The van der Waals surface area contributed by atoms with Crippen LogP contribution in [-0.4, -0.2) is 37.8 Å². The molecule has 0 saturated carbocycles. The van der Waals surface area contributed by atoms with Crippen LogP contribution in [0.15, 0.2) is 376 Å². The highest BCUT2D eigenvalue weighted by molar-refractivity contribution is 6.35. The second-order valence-corrected chi connectivity index (χ2v) is 28.2. The molecule has 8 heteroatoms. The van der Waals surface area contributed by atoms with E-state index in [1.54, 1.807) is 12.4 Å². The van der Waals surface area contributed by atoms with Crippen LogP contribution in [0.4, 0.5) is 0 Å². The van der Waals surface area contributed by atoms with Crippen molar-refractivity contribution in [2.45, 2.75) is 5.41 Å². The van der Waals surface area contributed by atoms with Crippen LogP contribution in [-0.2, 0) is 5.41 Å². The Morgan fingerprint density at radius 2 is 0.769 bits per heavy atom. The van der Waals surface area contributed by atoms with Crippen LogP contribution < -0.4 is 0 Å². The van der Waals surface area contributed by atoms with Crippen LogP contribution in [0.2, 0.25) is 0 Å². The summed E-state index contributed by atoms with van der Waals surface area (Å²) in [6.45, 7) is 0. The quantitative estimate of drug-likeness (QED) is 0.137. The van der Waals surface area contributed by atoms with Gasteiger partial charge < -0.3 is 18.3 Å². The van der Waals surface area contributed by atoms with Crippen LogP contribution in [0.1, 0.15) is 27.7 Å². The molecule has 0 aliphatic heterocycles. The second kappa shape index (κ2) is 23.3. The van der Waals surface area contributed by atoms with E-state index >= 15 is 0 Å². The smallest absolute Gasteiger partial charge is 0.145 e. The number of imidazole rings is 1. The minimum Gasteiger partial charge on any atom is -0.309 e. The Kier molecular flexibility index (Phi) is 12.1. The van der Waals surface area contributed by atoms with Gasteiger partial charge in [-0.25, -0.2) is 4.98 Å². The molecule has 16 aromatic carbocycles. The van der Waals surface area contributed by atoms with Crippen molar-refractivity contribution < 1.29 is 5.48 Å². The molecule has 0 unspecified atom stereocenters. The van der Waals surface area contributed by atoms with Crippen molar-refractivity contribution in [1.29, 1.82) is 0 Å². The molecule has 502 valence electrons. The van der Waals surface area contributed by atoms with Crippen molar-refractivity contribution in [2.75, 3.05) is 0 Å². The minimum absolute atomic E-state index is 0.350. The summed E-state index contributed by atoms with van der Waals surface area (Å²) in [5, 5.41) is 7.46. The molecule has 6 aromatic heterocycles. The molecule has 0 amide bonds. The summed E-state index contributed by atoms with van der Waals surface area (Å²) in [6, 6.07) is 121. The zero-order valence-electron chi connectivity index (χ0n) is 62.1. The highest BCUT2D eigenvalue weighted by atomic mass is 15.1. The molecule has 0 N–H and O–H groups in total. The lowest BCUT2D eigenvalue weighted by Gasteiger charge is -2.34. The first-order chi connectivity index (χ1) is 55.2. The SMILES string of the molecule is [2H]c1ccc2c(c1)c1c(ccc3c4cc([2H])ccc4n(-c4ccc(-c5nc6ccccc6n5-c5ccccc5)cc4)c31)n2-c1ccc2c(c1)C(c1ccccc1)(c1ccccc1)c1cc(-n3c4c([2H])cccc4c4c3c3nccnc3c3c5cccc([2H])c5n(-c5cc(-c6ccccc6)cc(-c6ccccc6)c5)c34)ccc1-2. The van der Waals surface area contributed by atoms with Crippen LogP contribution in [0.3, 0.4) is 0 Å². The molecule has 0 spiro atoms. The summed E-state index contributed by atoms with van der Waals surface area (Å²) >= 11 is 0. The summed E-state index contributed by atoms with van der Waals surface area (Å²) in [5.41, 5.74) is 25.8. The van der Waals surface area contributed by atoms with Gasteiger partial charge >= 0.3 is 0 Å². The Hall–Kier alpha value is -14.5. The molecule has 0 bridgehead atoms. The van der Waals surface area contributed by atoms with Gasteiger partial charge in [-0.1, -0.05) is 243 Å². The summed E-state index contributed by atoms with van der Waals surface area (Å²) in [7, 11) is 0. The Morgan fingerprint density at radius 1 is 0.269 bits per heavy atom. The molecule has 0 fully saturated rings. The molecule has 0 atom stereocenters. The summed E-state index contributed by atoms with van der Waals surface area (Å²) in [6.07, 6.45) is 3.55. The number of hydrogen-bond donors (Lipinski definition) is 0. The van der Waals surface area contributed by atoms with Crippen LogP contribution in [0.25, 0.3) is 182 Å². The first kappa shape index (κ1) is 56.0. The number of fused-ring (bicyclic) bond motifs is 21. The largest absolute Gasteiger partial charge is 0.309 e. The highest BCUT2D eigenvalue weighted by Gasteiger charge is 2.47. The van der Waals surface area contributed by atoms with Crippen molar-refractivity contribution in [3.05, 3.63) is 399 Å². The fourth-order valence-electron chi connectivity index (χ4n) is 18.3. The molecule has 0 saturated heterocycles. The van der Waals surface area contributed by atoms with Crippen molar-refractivity contribution >= 4 is 109 Å². The van der Waals surface area contributed by atoms with E-state index < -0.39 is 5.41 Å². The monoisotopic (exact) mass is 1380 g/mol. The van der Waals surface area contributed by atoms with Crippen molar-refractivity contribution in [3.8, 4) is 73.2 Å². The van der Waals surface area contributed by atoms with Gasteiger partial charge in [0, 0.05) is 89.5 Å². The van der Waals surface area contributed by atoms with Crippen molar-refractivity contribution in [3.63, 3.8) is 0 Å². The van der Waals surface area contributed by atoms with E-state index in [1.807, 2.05) is 72.8 Å². The predicted molar refractivity (Wildman–Crippen MR) is 445 cm³/mol. The summed E-state index contributed by atoms with van der Waals surface area (Å²) < 4.78 is 50.2. The lowest BCUT2D eigenvalue weighted by Crippen LogP contribution is -2.28. The molecule has 23 rings (SSSR count). The van der Waals surface area contributed by atoms with E-state index in [0.717, 1.165) is 194 Å². The number of rotatable bonds is 10. The first-order valence-corrected chi connectivity index (χ1v) is 36.6. The highest BCUT2D eigenvalue weighted by Crippen LogP contribution is 2.58. The van der Waals surface area contributed by atoms with E-state index in [-0.39, 0.29) is 0 Å². The second-order valence-electron chi connectivity index (χ2n) is 28.2. The van der Waals surface area contributed by atoms with Gasteiger partial charge in [0.15, 0.2) is 0 Å². The number of para-hydroxylation sites is 7. The molecule has 22 aromatic rings. The zero-order valence-corrected chi connectivity index (χ0v) is 58.1. The standard InChI is InChI=1S/C100H62N8/c1-6-26-63(27-7-1)66-58-67(64-28-8-2-9-29-64)60-74(59-66)107-87-43-23-18-38-80(87)92-94-95(102-57-56-101-94)98-93(97(92)107)81-39-19-24-44-88(81)106(98)73-51-53-76-75-52-50-72(61-82(75)100(83(76)62-73,68-30-10-3-11-31-68)69-32-12-4-13-33-69)104-86-42-22-17-37-79(86)91-90(104)55-54-78-77-36-16-21-41-85(77)105(96(78)91)71-48-46-65(47-49-71)99-103-84-40-20-25-45-89(84)108(99)70-34-14-5-15-35-70/h1-62H/i16D,17D,43D,44D. The van der Waals surface area contributed by atoms with Gasteiger partial charge in [0.1, 0.15) is 16.9 Å². The average Bonchev–Trinajstić information content (AvgIpc) is 1.52. The Bertz CT molecular complexity index is 7620. The lowest BCUT2D eigenvalue weighted by molar-refractivity contribution is 0.766. The van der Waals surface area contributed by atoms with Gasteiger partial charge in [-0.05, 0) is 177 Å². The normalized spacial score (nSPS) is 13.2. The van der Waals surface area contributed by atoms with Crippen LogP contribution >= 0.6 is 0 Å². The predicted octanol–water partition coefficient (Wildman–Crippen LogP) is 24.7. The molecule has 6 heterocycles. The van der Waals surface area contributed by atoms with Gasteiger partial charge in [0.05, 0.1) is 66.1 Å². The fraction of sp³-hybridized carbons (Fsp3) is 0.0100. The minimum atomic E-state index is -0.925. The maximum atomic E-state index is 10.2. The fourth-order valence-corrected chi connectivity index (χ4v) is 18.3. The summed E-state index contributed by atoms with van der Waals surface area (Å²) in [4.78, 5) is 15.9. The molecular weight excluding hydrogens is 1310 g/mol. The van der Waals surface area contributed by atoms with Gasteiger partial charge in [0.2, 0.25) is 0 Å². The number of hydrogen-bond acceptors (Lipinski definition) is 3. The molecule has 1 aliphatic rings. The first-order valence-electron chi connectivity index (χ1n) is 38.6. The maximum absolute atomic E-state index is 10.2. The van der Waals surface area contributed by atoms with E-state index in [4.69, 9.17) is 16.3 Å². The van der Waals surface area contributed by atoms with E-state index in [2.05, 4.69) is 290 Å².